The molecule has 0 aliphatic carbocycles. The quantitative estimate of drug-likeness (QED) is 0.735. The molecule has 0 radical (unpaired) electrons. The van der Waals surface area contributed by atoms with Crippen LogP contribution >= 0.6 is 0 Å². The Morgan fingerprint density at radius 1 is 1.35 bits per heavy atom. The van der Waals surface area contributed by atoms with Crippen molar-refractivity contribution in [2.75, 3.05) is 25.0 Å². The van der Waals surface area contributed by atoms with E-state index >= 15 is 0 Å². The number of carbonyl (C=O) groups excluding carboxylic acids is 1. The van der Waals surface area contributed by atoms with Crippen LogP contribution in [-0.4, -0.2) is 40.6 Å². The number of fused-ring (bicyclic) bond motifs is 1. The third kappa shape index (κ3) is 3.65. The molecule has 2 aromatic heterocycles. The highest BCUT2D eigenvalue weighted by Gasteiger charge is 2.23. The minimum absolute atomic E-state index is 0.0166. The predicted octanol–water partition coefficient (Wildman–Crippen LogP) is 3.67. The van der Waals surface area contributed by atoms with Crippen molar-refractivity contribution >= 4 is 22.6 Å². The van der Waals surface area contributed by atoms with Gasteiger partial charge in [0.25, 0.3) is 0 Å². The fourth-order valence-electron chi connectivity index (χ4n) is 3.79. The van der Waals surface area contributed by atoms with Crippen LogP contribution in [0.5, 0.6) is 0 Å². The van der Waals surface area contributed by atoms with Gasteiger partial charge in [0.15, 0.2) is 5.82 Å². The number of likely N-dealkylation sites (tertiary alicyclic amines) is 1. The van der Waals surface area contributed by atoms with E-state index in [-0.39, 0.29) is 5.91 Å². The largest absolute Gasteiger partial charge is 0.361 e. The van der Waals surface area contributed by atoms with Crippen LogP contribution in [-0.2, 0) is 4.79 Å². The summed E-state index contributed by atoms with van der Waals surface area (Å²) in [6.07, 6.45) is 4.90. The molecule has 0 spiro atoms. The van der Waals surface area contributed by atoms with Crippen LogP contribution in [0.3, 0.4) is 0 Å². The topological polar surface area (TPSA) is 74.2 Å². The number of benzene rings is 1. The van der Waals surface area contributed by atoms with Crippen molar-refractivity contribution in [3.05, 3.63) is 47.9 Å². The second kappa shape index (κ2) is 7.33. The summed E-state index contributed by atoms with van der Waals surface area (Å²) in [5.41, 5.74) is 2.64. The molecule has 1 saturated heterocycles. The van der Waals surface area contributed by atoms with Crippen molar-refractivity contribution in [1.29, 1.82) is 0 Å². The van der Waals surface area contributed by atoms with Crippen LogP contribution in [0, 0.1) is 6.92 Å². The van der Waals surface area contributed by atoms with Crippen LogP contribution < -0.4 is 5.32 Å². The minimum atomic E-state index is -0.0166. The lowest BCUT2D eigenvalue weighted by atomic mass is 9.89. The molecule has 3 aromatic rings. The van der Waals surface area contributed by atoms with Gasteiger partial charge in [-0.25, -0.2) is 0 Å². The Kier molecular flexibility index (Phi) is 4.75. The standard InChI is InChI=1S/C20H24N4O2/c1-14-12-19(23-26-14)22-20(25)8-11-24-9-6-15(7-10-24)17-13-21-18-5-3-2-4-16(17)18/h2-5,12-13,15,21H,6-11H2,1H3,(H,22,23,25). The molecule has 136 valence electrons. The van der Waals surface area contributed by atoms with Gasteiger partial charge in [0, 0.05) is 36.1 Å². The van der Waals surface area contributed by atoms with Crippen molar-refractivity contribution in [1.82, 2.24) is 15.0 Å². The van der Waals surface area contributed by atoms with Gasteiger partial charge in [-0.05, 0) is 50.4 Å². The molecule has 1 aliphatic heterocycles. The van der Waals surface area contributed by atoms with Crippen LogP contribution in [0.1, 0.15) is 36.5 Å². The first-order chi connectivity index (χ1) is 12.7. The third-order valence-electron chi connectivity index (χ3n) is 5.20. The molecule has 26 heavy (non-hydrogen) atoms. The molecule has 1 aliphatic rings. The average molecular weight is 352 g/mol. The number of H-pyrrole nitrogens is 1. The van der Waals surface area contributed by atoms with Gasteiger partial charge in [0.05, 0.1) is 0 Å². The summed E-state index contributed by atoms with van der Waals surface area (Å²) in [6.45, 7) is 4.64. The van der Waals surface area contributed by atoms with E-state index in [1.54, 1.807) is 13.0 Å². The van der Waals surface area contributed by atoms with Crippen LogP contribution in [0.2, 0.25) is 0 Å². The Labute approximate surface area is 152 Å². The van der Waals surface area contributed by atoms with Crippen molar-refractivity contribution in [3.8, 4) is 0 Å². The summed E-state index contributed by atoms with van der Waals surface area (Å²) in [6, 6.07) is 10.2. The highest BCUT2D eigenvalue weighted by atomic mass is 16.5. The van der Waals surface area contributed by atoms with E-state index in [1.165, 1.54) is 16.5 Å². The van der Waals surface area contributed by atoms with Crippen molar-refractivity contribution in [3.63, 3.8) is 0 Å². The van der Waals surface area contributed by atoms with Crippen molar-refractivity contribution in [2.24, 2.45) is 0 Å². The second-order valence-corrected chi connectivity index (χ2v) is 7.03. The average Bonchev–Trinajstić information content (AvgIpc) is 3.26. The summed E-state index contributed by atoms with van der Waals surface area (Å²) < 4.78 is 4.96. The number of piperidine rings is 1. The SMILES string of the molecule is Cc1cc(NC(=O)CCN2CCC(c3c[nH]c4ccccc34)CC2)no1. The Morgan fingerprint density at radius 2 is 2.15 bits per heavy atom. The number of hydrogen-bond donors (Lipinski definition) is 2. The molecule has 0 atom stereocenters. The highest BCUT2D eigenvalue weighted by molar-refractivity contribution is 5.89. The number of rotatable bonds is 5. The van der Waals surface area contributed by atoms with Gasteiger partial charge >= 0.3 is 0 Å². The maximum Gasteiger partial charge on any atom is 0.226 e. The maximum atomic E-state index is 12.0. The van der Waals surface area contributed by atoms with E-state index in [9.17, 15) is 4.79 Å². The second-order valence-electron chi connectivity index (χ2n) is 7.03. The van der Waals surface area contributed by atoms with Gasteiger partial charge in [-0.2, -0.15) is 0 Å². The lowest BCUT2D eigenvalue weighted by Gasteiger charge is -2.31. The number of anilines is 1. The first-order valence-electron chi connectivity index (χ1n) is 9.20. The molecule has 2 N–H and O–H groups in total. The van der Waals surface area contributed by atoms with E-state index in [4.69, 9.17) is 4.52 Å². The zero-order chi connectivity index (χ0) is 17.9. The number of aryl methyl sites for hydroxylation is 1. The van der Waals surface area contributed by atoms with E-state index in [0.717, 1.165) is 32.5 Å². The van der Waals surface area contributed by atoms with Crippen LogP contribution in [0.25, 0.3) is 10.9 Å². The highest BCUT2D eigenvalue weighted by Crippen LogP contribution is 2.33. The third-order valence-corrected chi connectivity index (χ3v) is 5.20. The molecule has 1 fully saturated rings. The molecule has 6 heteroatoms. The van der Waals surface area contributed by atoms with Crippen LogP contribution in [0.15, 0.2) is 41.1 Å². The fourth-order valence-corrected chi connectivity index (χ4v) is 3.79. The summed E-state index contributed by atoms with van der Waals surface area (Å²) in [5, 5.41) is 7.91. The van der Waals surface area contributed by atoms with Gasteiger partial charge in [-0.3, -0.25) is 4.79 Å². The first-order valence-corrected chi connectivity index (χ1v) is 9.20. The normalized spacial score (nSPS) is 16.2. The van der Waals surface area contributed by atoms with E-state index in [0.29, 0.717) is 23.9 Å². The van der Waals surface area contributed by atoms with E-state index in [2.05, 4.69) is 50.8 Å². The summed E-state index contributed by atoms with van der Waals surface area (Å²) in [4.78, 5) is 17.8. The van der Waals surface area contributed by atoms with E-state index < -0.39 is 0 Å². The first kappa shape index (κ1) is 16.8. The molecule has 1 amide bonds. The number of nitrogens with one attached hydrogen (secondary N) is 2. The van der Waals surface area contributed by atoms with Gasteiger partial charge in [0.2, 0.25) is 5.91 Å². The van der Waals surface area contributed by atoms with Gasteiger partial charge in [-0.15, -0.1) is 0 Å². The van der Waals surface area contributed by atoms with Gasteiger partial charge in [-0.1, -0.05) is 23.4 Å². The van der Waals surface area contributed by atoms with Gasteiger partial charge in [0.1, 0.15) is 5.76 Å². The number of amides is 1. The number of nitrogens with zero attached hydrogens (tertiary/aromatic N) is 2. The summed E-state index contributed by atoms with van der Waals surface area (Å²) in [5.74, 6) is 1.76. The maximum absolute atomic E-state index is 12.0. The number of hydrogen-bond acceptors (Lipinski definition) is 4. The number of carbonyl (C=O) groups is 1. The zero-order valence-electron chi connectivity index (χ0n) is 15.0. The summed E-state index contributed by atoms with van der Waals surface area (Å²) >= 11 is 0. The number of para-hydroxylation sites is 1. The van der Waals surface area contributed by atoms with E-state index in [1.807, 2.05) is 0 Å². The summed E-state index contributed by atoms with van der Waals surface area (Å²) in [7, 11) is 0. The molecule has 1 aromatic carbocycles. The minimum Gasteiger partial charge on any atom is -0.361 e. The number of aromatic amines is 1. The molecular weight excluding hydrogens is 328 g/mol. The zero-order valence-corrected chi connectivity index (χ0v) is 15.0. The lowest BCUT2D eigenvalue weighted by Crippen LogP contribution is -2.35. The fraction of sp³-hybridized carbons (Fsp3) is 0.400. The smallest absolute Gasteiger partial charge is 0.226 e. The molecule has 6 nitrogen and oxygen atoms in total. The monoisotopic (exact) mass is 352 g/mol. The van der Waals surface area contributed by atoms with Gasteiger partial charge < -0.3 is 19.7 Å². The number of aromatic nitrogens is 2. The molecule has 4 rings (SSSR count). The lowest BCUT2D eigenvalue weighted by molar-refractivity contribution is -0.116. The predicted molar refractivity (Wildman–Crippen MR) is 101 cm³/mol. The van der Waals surface area contributed by atoms with Crippen molar-refractivity contribution < 1.29 is 9.32 Å². The molecule has 0 saturated carbocycles. The Balaban J connectivity index is 1.26. The van der Waals surface area contributed by atoms with Crippen molar-refractivity contribution in [2.45, 2.75) is 32.1 Å². The Bertz CT molecular complexity index is 890. The Hall–Kier alpha value is -2.60. The molecular formula is C20H24N4O2. The molecule has 0 unspecified atom stereocenters. The molecule has 3 heterocycles. The Morgan fingerprint density at radius 3 is 2.92 bits per heavy atom. The molecule has 0 bridgehead atoms. The van der Waals surface area contributed by atoms with Crippen LogP contribution in [0.4, 0.5) is 5.82 Å².